The summed E-state index contributed by atoms with van der Waals surface area (Å²) in [6.07, 6.45) is 3.67. The zero-order valence-corrected chi connectivity index (χ0v) is 23.9. The number of nitrogens with zero attached hydrogens (tertiary/aromatic N) is 4. The molecule has 0 fully saturated rings. The van der Waals surface area contributed by atoms with Gasteiger partial charge in [-0.3, -0.25) is 4.98 Å². The molecule has 0 aliphatic rings. The predicted molar refractivity (Wildman–Crippen MR) is 152 cm³/mol. The minimum absolute atomic E-state index is 0. The van der Waals surface area contributed by atoms with Crippen LogP contribution >= 0.6 is 0 Å². The van der Waals surface area contributed by atoms with Crippen molar-refractivity contribution < 1.29 is 25.8 Å². The summed E-state index contributed by atoms with van der Waals surface area (Å²) >= 11 is 0. The summed E-state index contributed by atoms with van der Waals surface area (Å²) in [5, 5.41) is 2.96. The third kappa shape index (κ3) is 4.37. The van der Waals surface area contributed by atoms with Crippen LogP contribution in [0.2, 0.25) is 0 Å². The number of pyridine rings is 3. The van der Waals surface area contributed by atoms with E-state index >= 15 is 0 Å². The zero-order valence-electron chi connectivity index (χ0n) is 21.7. The van der Waals surface area contributed by atoms with E-state index in [2.05, 4.69) is 72.6 Å². The van der Waals surface area contributed by atoms with Crippen molar-refractivity contribution in [3.05, 3.63) is 109 Å². The topological polar surface area (TPSA) is 52.3 Å². The summed E-state index contributed by atoms with van der Waals surface area (Å²) in [7, 11) is 0. The van der Waals surface area contributed by atoms with Crippen molar-refractivity contribution in [2.24, 2.45) is 0 Å². The first-order valence-electron chi connectivity index (χ1n) is 12.6. The molecule has 7 rings (SSSR count). The first-order valence-corrected chi connectivity index (χ1v) is 12.6. The van der Waals surface area contributed by atoms with Gasteiger partial charge < -0.3 is 14.1 Å². The van der Waals surface area contributed by atoms with Crippen LogP contribution in [0.25, 0.3) is 49.7 Å². The maximum absolute atomic E-state index is 6.29. The molecule has 39 heavy (non-hydrogen) atoms. The van der Waals surface area contributed by atoms with Crippen molar-refractivity contribution in [1.29, 1.82) is 0 Å². The van der Waals surface area contributed by atoms with Gasteiger partial charge in [-0.15, -0.1) is 29.8 Å². The van der Waals surface area contributed by atoms with Crippen molar-refractivity contribution in [3.63, 3.8) is 0 Å². The Bertz CT molecular complexity index is 2010. The number of rotatable bonds is 3. The molecule has 0 N–H and O–H groups in total. The second-order valence-corrected chi connectivity index (χ2v) is 10.5. The molecule has 6 heteroatoms. The molecule has 3 aromatic carbocycles. The Morgan fingerprint density at radius 2 is 1.59 bits per heavy atom. The van der Waals surface area contributed by atoms with Gasteiger partial charge in [0.15, 0.2) is 0 Å². The molecule has 192 valence electrons. The smallest absolute Gasteiger partial charge is 0.497 e. The van der Waals surface area contributed by atoms with Crippen molar-refractivity contribution in [2.75, 3.05) is 0 Å². The summed E-state index contributed by atoms with van der Waals surface area (Å²) in [4.78, 5) is 14.2. The average Bonchev–Trinajstić information content (AvgIpc) is 3.33. The maximum atomic E-state index is 6.29. The fourth-order valence-corrected chi connectivity index (χ4v) is 4.95. The van der Waals surface area contributed by atoms with E-state index in [0.29, 0.717) is 11.5 Å². The van der Waals surface area contributed by atoms with Gasteiger partial charge in [0.1, 0.15) is 5.65 Å². The number of imidazole rings is 1. The molecule has 0 aliphatic heterocycles. The fourth-order valence-electron chi connectivity index (χ4n) is 4.95. The number of para-hydroxylation sites is 2. The monoisotopic (exact) mass is 687 g/mol. The number of hydrogen-bond acceptors (Lipinski definition) is 4. The summed E-state index contributed by atoms with van der Waals surface area (Å²) < 4.78 is 8.39. The predicted octanol–water partition coefficient (Wildman–Crippen LogP) is 7.94. The van der Waals surface area contributed by atoms with E-state index in [1.807, 2.05) is 60.9 Å². The van der Waals surface area contributed by atoms with E-state index < -0.39 is 0 Å². The largest absolute Gasteiger partial charge is 2.00 e. The number of benzene rings is 3. The van der Waals surface area contributed by atoms with Crippen molar-refractivity contribution >= 4 is 38.5 Å². The Balaban J connectivity index is 0.00000277. The molecule has 0 radical (unpaired) electrons. The number of ether oxygens (including phenoxy) is 1. The van der Waals surface area contributed by atoms with Crippen LogP contribution in [0, 0.1) is 12.1 Å². The van der Waals surface area contributed by atoms with Crippen LogP contribution in [0.3, 0.4) is 0 Å². The van der Waals surface area contributed by atoms with Gasteiger partial charge in [0.2, 0.25) is 0 Å². The Morgan fingerprint density at radius 1 is 0.744 bits per heavy atom. The van der Waals surface area contributed by atoms with Crippen LogP contribution in [0.4, 0.5) is 0 Å². The molecule has 0 bridgehead atoms. The molecular formula is C33H24N4OPt. The quantitative estimate of drug-likeness (QED) is 0.140. The Labute approximate surface area is 240 Å². The summed E-state index contributed by atoms with van der Waals surface area (Å²) in [5.74, 6) is 1.20. The van der Waals surface area contributed by atoms with Crippen LogP contribution in [-0.2, 0) is 26.5 Å². The summed E-state index contributed by atoms with van der Waals surface area (Å²) in [6, 6.07) is 33.1. The van der Waals surface area contributed by atoms with Crippen molar-refractivity contribution in [2.45, 2.75) is 26.2 Å². The van der Waals surface area contributed by atoms with Gasteiger partial charge in [0.05, 0.1) is 16.7 Å². The summed E-state index contributed by atoms with van der Waals surface area (Å²) in [5.41, 5.74) is 6.62. The molecule has 0 atom stereocenters. The average molecular weight is 688 g/mol. The summed E-state index contributed by atoms with van der Waals surface area (Å²) in [6.45, 7) is 6.60. The van der Waals surface area contributed by atoms with Crippen LogP contribution in [0.1, 0.15) is 26.3 Å². The van der Waals surface area contributed by atoms with Gasteiger partial charge in [-0.2, -0.15) is 0 Å². The van der Waals surface area contributed by atoms with E-state index in [-0.39, 0.29) is 26.5 Å². The normalized spacial score (nSPS) is 11.8. The van der Waals surface area contributed by atoms with E-state index in [4.69, 9.17) is 14.7 Å². The molecule has 4 heterocycles. The van der Waals surface area contributed by atoms with Gasteiger partial charge in [-0.25, -0.2) is 4.98 Å². The van der Waals surface area contributed by atoms with Crippen LogP contribution in [0.5, 0.6) is 11.5 Å². The maximum Gasteiger partial charge on any atom is 2.00 e. The SMILES string of the molecule is CC(C)(C)c1ccnc(-c2[c-]c(Oc3[c-]c4c(cc3)c3cccnc3n3c5ccccc5nc43)ccc2)c1.[Pt+2]. The Kier molecular flexibility index (Phi) is 6.20. The van der Waals surface area contributed by atoms with Crippen molar-refractivity contribution in [3.8, 4) is 22.8 Å². The molecule has 5 nitrogen and oxygen atoms in total. The number of aromatic nitrogens is 4. The first kappa shape index (κ1) is 25.2. The molecule has 0 aliphatic carbocycles. The molecule has 0 saturated heterocycles. The van der Waals surface area contributed by atoms with E-state index in [1.54, 1.807) is 0 Å². The third-order valence-corrected chi connectivity index (χ3v) is 6.88. The molecule has 0 amide bonds. The Morgan fingerprint density at radius 3 is 2.46 bits per heavy atom. The van der Waals surface area contributed by atoms with Crippen LogP contribution in [-0.4, -0.2) is 19.4 Å². The Hall–Kier alpha value is -4.08. The van der Waals surface area contributed by atoms with E-state index in [9.17, 15) is 0 Å². The van der Waals surface area contributed by atoms with E-state index in [1.165, 1.54) is 5.56 Å². The minimum atomic E-state index is 0. The fraction of sp³-hybridized carbons (Fsp3) is 0.121. The molecule has 0 unspecified atom stereocenters. The van der Waals surface area contributed by atoms with Gasteiger partial charge in [-0.1, -0.05) is 74.0 Å². The van der Waals surface area contributed by atoms with E-state index in [0.717, 1.165) is 49.7 Å². The number of fused-ring (bicyclic) bond motifs is 8. The minimum Gasteiger partial charge on any atom is -0.497 e. The zero-order chi connectivity index (χ0) is 25.9. The second-order valence-electron chi connectivity index (χ2n) is 10.5. The molecular weight excluding hydrogens is 663 g/mol. The van der Waals surface area contributed by atoms with Gasteiger partial charge >= 0.3 is 21.1 Å². The second kappa shape index (κ2) is 9.59. The molecule has 0 saturated carbocycles. The first-order chi connectivity index (χ1) is 18.5. The molecule has 7 aromatic rings. The third-order valence-electron chi connectivity index (χ3n) is 6.88. The van der Waals surface area contributed by atoms with Gasteiger partial charge in [0.25, 0.3) is 0 Å². The van der Waals surface area contributed by atoms with Gasteiger partial charge in [-0.05, 0) is 46.3 Å². The number of hydrogen-bond donors (Lipinski definition) is 0. The van der Waals surface area contributed by atoms with Crippen molar-refractivity contribution in [1.82, 2.24) is 19.4 Å². The van der Waals surface area contributed by atoms with Gasteiger partial charge in [0, 0.05) is 23.9 Å². The molecule has 0 spiro atoms. The van der Waals surface area contributed by atoms with Crippen LogP contribution in [0.15, 0.2) is 91.3 Å². The standard InChI is InChI=1S/C33H24N4O.Pt/c1-33(2,3)22-15-17-34-29(19-22)21-8-6-9-23(18-21)38-24-13-14-25-26-10-7-16-35-31(26)37-30-12-5-4-11-28(30)36-32(37)27(25)20-24;/h4-17,19H,1-3H3;/q-2;+2. The molecule has 4 aromatic heterocycles. The van der Waals surface area contributed by atoms with Crippen LogP contribution < -0.4 is 4.74 Å².